The molecule has 3 heterocycles. The van der Waals surface area contributed by atoms with Gasteiger partial charge in [-0.05, 0) is 48.4 Å². The fraction of sp³-hybridized carbons (Fsp3) is 0.308. The topological polar surface area (TPSA) is 84.9 Å². The lowest BCUT2D eigenvalue weighted by Crippen LogP contribution is -2.40. The number of hydrogen-bond acceptors (Lipinski definition) is 6. The van der Waals surface area contributed by atoms with Crippen LogP contribution in [0.2, 0.25) is 0 Å². The maximum absolute atomic E-state index is 13.3. The predicted octanol–water partition coefficient (Wildman–Crippen LogP) is 2.86. The summed E-state index contributed by atoms with van der Waals surface area (Å²) < 4.78 is 11.4. The maximum atomic E-state index is 13.3. The minimum atomic E-state index is -0.356. The Balaban J connectivity index is 1.54. The highest BCUT2D eigenvalue weighted by atomic mass is 16.5. The molecular weight excluding hydrogens is 432 g/mol. The first-order valence-electron chi connectivity index (χ1n) is 11.2. The summed E-state index contributed by atoms with van der Waals surface area (Å²) in [7, 11) is 1.62. The molecule has 0 bridgehead atoms. The van der Waals surface area contributed by atoms with Crippen LogP contribution in [0, 0.1) is 6.92 Å². The minimum Gasteiger partial charge on any atom is -0.497 e. The second kappa shape index (κ2) is 10.9. The third kappa shape index (κ3) is 5.77. The van der Waals surface area contributed by atoms with Crippen molar-refractivity contribution in [2.75, 3.05) is 26.7 Å². The molecule has 2 aromatic heterocycles. The van der Waals surface area contributed by atoms with Crippen molar-refractivity contribution in [3.8, 4) is 5.75 Å². The van der Waals surface area contributed by atoms with Gasteiger partial charge in [-0.2, -0.15) is 0 Å². The largest absolute Gasteiger partial charge is 0.497 e. The Labute approximate surface area is 199 Å². The van der Waals surface area contributed by atoms with Crippen LogP contribution in [0.5, 0.6) is 5.75 Å². The first-order valence-corrected chi connectivity index (χ1v) is 11.2. The molecule has 0 spiro atoms. The third-order valence-electron chi connectivity index (χ3n) is 5.79. The molecule has 0 aliphatic carbocycles. The van der Waals surface area contributed by atoms with Crippen molar-refractivity contribution >= 4 is 11.8 Å². The SMILES string of the molecule is COc1ccc(CN2CC(OCc3cccnc3)CN(C(=O)c3cccnc3C)CC2=O)cc1. The van der Waals surface area contributed by atoms with Crippen LogP contribution < -0.4 is 4.74 Å². The zero-order valence-electron chi connectivity index (χ0n) is 19.4. The number of pyridine rings is 2. The van der Waals surface area contributed by atoms with Gasteiger partial charge in [0.05, 0.1) is 25.4 Å². The van der Waals surface area contributed by atoms with Gasteiger partial charge < -0.3 is 19.3 Å². The molecular formula is C26H28N4O4. The summed E-state index contributed by atoms with van der Waals surface area (Å²) in [5.41, 5.74) is 3.03. The van der Waals surface area contributed by atoms with Gasteiger partial charge in [-0.15, -0.1) is 0 Å². The molecule has 0 saturated carbocycles. The van der Waals surface area contributed by atoms with Gasteiger partial charge in [0.25, 0.3) is 5.91 Å². The van der Waals surface area contributed by atoms with Crippen molar-refractivity contribution in [2.24, 2.45) is 0 Å². The molecule has 4 rings (SSSR count). The Hall–Kier alpha value is -3.78. The van der Waals surface area contributed by atoms with Crippen molar-refractivity contribution in [1.82, 2.24) is 19.8 Å². The van der Waals surface area contributed by atoms with Crippen LogP contribution in [-0.2, 0) is 22.7 Å². The number of aromatic nitrogens is 2. The average Bonchev–Trinajstić information content (AvgIpc) is 3.02. The highest BCUT2D eigenvalue weighted by Crippen LogP contribution is 2.18. The van der Waals surface area contributed by atoms with Crippen molar-refractivity contribution in [3.05, 3.63) is 89.5 Å². The van der Waals surface area contributed by atoms with Gasteiger partial charge in [0, 0.05) is 43.9 Å². The van der Waals surface area contributed by atoms with Crippen LogP contribution in [0.15, 0.2) is 67.1 Å². The molecule has 0 radical (unpaired) electrons. The van der Waals surface area contributed by atoms with E-state index in [1.54, 1.807) is 54.6 Å². The van der Waals surface area contributed by atoms with Gasteiger partial charge in [0.2, 0.25) is 5.91 Å². The van der Waals surface area contributed by atoms with E-state index in [-0.39, 0.29) is 24.5 Å². The van der Waals surface area contributed by atoms with E-state index in [1.807, 2.05) is 36.4 Å². The zero-order chi connectivity index (χ0) is 23.9. The van der Waals surface area contributed by atoms with Gasteiger partial charge >= 0.3 is 0 Å². The van der Waals surface area contributed by atoms with Crippen LogP contribution in [-0.4, -0.2) is 64.4 Å². The number of amides is 2. The smallest absolute Gasteiger partial charge is 0.256 e. The van der Waals surface area contributed by atoms with Gasteiger partial charge in [-0.3, -0.25) is 19.6 Å². The highest BCUT2D eigenvalue weighted by Gasteiger charge is 2.32. The summed E-state index contributed by atoms with van der Waals surface area (Å²) in [6.07, 6.45) is 4.75. The molecule has 1 atom stereocenters. The Morgan fingerprint density at radius 1 is 1.06 bits per heavy atom. The minimum absolute atomic E-state index is 0.0178. The van der Waals surface area contributed by atoms with E-state index in [0.717, 1.165) is 16.9 Å². The van der Waals surface area contributed by atoms with Gasteiger partial charge in [0.15, 0.2) is 0 Å². The average molecular weight is 461 g/mol. The standard InChI is InChI=1S/C26H28N4O4/c1-19-24(6-4-12-28-19)26(32)30-16-23(34-18-21-5-3-11-27-13-21)15-29(25(31)17-30)14-20-7-9-22(33-2)10-8-20/h3-13,23H,14-18H2,1-2H3. The van der Waals surface area contributed by atoms with E-state index in [4.69, 9.17) is 9.47 Å². The first-order chi connectivity index (χ1) is 16.5. The van der Waals surface area contributed by atoms with Crippen LogP contribution in [0.25, 0.3) is 0 Å². The number of methoxy groups -OCH3 is 1. The monoisotopic (exact) mass is 460 g/mol. The van der Waals surface area contributed by atoms with E-state index in [0.29, 0.717) is 37.5 Å². The van der Waals surface area contributed by atoms with Crippen molar-refractivity contribution in [3.63, 3.8) is 0 Å². The number of carbonyl (C=O) groups excluding carboxylic acids is 2. The Morgan fingerprint density at radius 3 is 2.56 bits per heavy atom. The zero-order valence-corrected chi connectivity index (χ0v) is 19.4. The molecule has 0 N–H and O–H groups in total. The van der Waals surface area contributed by atoms with Crippen LogP contribution >= 0.6 is 0 Å². The lowest BCUT2D eigenvalue weighted by molar-refractivity contribution is -0.132. The maximum Gasteiger partial charge on any atom is 0.256 e. The Bertz CT molecular complexity index is 1120. The number of benzene rings is 1. The molecule has 1 unspecified atom stereocenters. The molecule has 34 heavy (non-hydrogen) atoms. The molecule has 3 aromatic rings. The van der Waals surface area contributed by atoms with Crippen LogP contribution in [0.3, 0.4) is 0 Å². The third-order valence-corrected chi connectivity index (χ3v) is 5.79. The Morgan fingerprint density at radius 2 is 1.85 bits per heavy atom. The molecule has 8 nitrogen and oxygen atoms in total. The normalized spacial score (nSPS) is 16.3. The van der Waals surface area contributed by atoms with Crippen LogP contribution in [0.1, 0.15) is 27.2 Å². The number of rotatable bonds is 7. The van der Waals surface area contributed by atoms with E-state index < -0.39 is 0 Å². The lowest BCUT2D eigenvalue weighted by Gasteiger charge is -2.25. The fourth-order valence-electron chi connectivity index (χ4n) is 3.92. The molecule has 1 aliphatic heterocycles. The Kier molecular flexibility index (Phi) is 7.49. The first kappa shape index (κ1) is 23.4. The number of nitrogens with zero attached hydrogens (tertiary/aromatic N) is 4. The van der Waals surface area contributed by atoms with E-state index in [2.05, 4.69) is 9.97 Å². The molecule has 1 aliphatic rings. The molecule has 2 amide bonds. The molecule has 1 aromatic carbocycles. The summed E-state index contributed by atoms with van der Waals surface area (Å²) in [6, 6.07) is 14.9. The number of ether oxygens (including phenoxy) is 2. The number of aryl methyl sites for hydroxylation is 1. The van der Waals surface area contributed by atoms with Gasteiger partial charge in [-0.1, -0.05) is 18.2 Å². The quantitative estimate of drug-likeness (QED) is 0.539. The van der Waals surface area contributed by atoms with E-state index in [9.17, 15) is 9.59 Å². The molecule has 1 fully saturated rings. The number of hydrogen-bond donors (Lipinski definition) is 0. The van der Waals surface area contributed by atoms with Gasteiger partial charge in [0.1, 0.15) is 12.3 Å². The second-order valence-corrected chi connectivity index (χ2v) is 8.24. The summed E-state index contributed by atoms with van der Waals surface area (Å²) in [6.45, 7) is 3.22. The lowest BCUT2D eigenvalue weighted by atomic mass is 10.1. The molecule has 176 valence electrons. The van der Waals surface area contributed by atoms with E-state index in [1.165, 1.54) is 0 Å². The summed E-state index contributed by atoms with van der Waals surface area (Å²) in [4.78, 5) is 38.2. The molecule has 8 heteroatoms. The van der Waals surface area contributed by atoms with E-state index >= 15 is 0 Å². The second-order valence-electron chi connectivity index (χ2n) is 8.24. The molecule has 1 saturated heterocycles. The van der Waals surface area contributed by atoms with Crippen molar-refractivity contribution in [2.45, 2.75) is 26.2 Å². The fourth-order valence-corrected chi connectivity index (χ4v) is 3.92. The summed E-state index contributed by atoms with van der Waals surface area (Å²) >= 11 is 0. The van der Waals surface area contributed by atoms with Gasteiger partial charge in [-0.25, -0.2) is 0 Å². The van der Waals surface area contributed by atoms with Crippen LogP contribution in [0.4, 0.5) is 0 Å². The number of carbonyl (C=O) groups is 2. The van der Waals surface area contributed by atoms with Crippen molar-refractivity contribution < 1.29 is 19.1 Å². The summed E-state index contributed by atoms with van der Waals surface area (Å²) in [5.74, 6) is 0.408. The predicted molar refractivity (Wildman–Crippen MR) is 126 cm³/mol. The highest BCUT2D eigenvalue weighted by molar-refractivity contribution is 5.97. The summed E-state index contributed by atoms with van der Waals surface area (Å²) in [5, 5.41) is 0. The van der Waals surface area contributed by atoms with Crippen molar-refractivity contribution in [1.29, 1.82) is 0 Å².